The molecule has 25 heavy (non-hydrogen) atoms. The van der Waals surface area contributed by atoms with Crippen LogP contribution in [0.5, 0.6) is 0 Å². The topological polar surface area (TPSA) is 62.5 Å². The second kappa shape index (κ2) is 7.07. The number of thiophene rings is 1. The highest BCUT2D eigenvalue weighted by molar-refractivity contribution is 7.14. The van der Waals surface area contributed by atoms with E-state index < -0.39 is 0 Å². The molecule has 0 radical (unpaired) electrons. The molecule has 0 N–H and O–H groups in total. The minimum Gasteiger partial charge on any atom is -0.360 e. The number of thiazole rings is 1. The Kier molecular flexibility index (Phi) is 4.65. The molecule has 130 valence electrons. The molecule has 0 spiro atoms. The van der Waals surface area contributed by atoms with E-state index in [1.54, 1.807) is 11.3 Å². The number of piperazine rings is 1. The molecule has 0 saturated carbocycles. The van der Waals surface area contributed by atoms with Gasteiger partial charge in [-0.05, 0) is 18.4 Å². The average Bonchev–Trinajstić information content (AvgIpc) is 3.36. The lowest BCUT2D eigenvalue weighted by Gasteiger charge is -2.33. The lowest BCUT2D eigenvalue weighted by Crippen LogP contribution is -2.48. The molecule has 0 atom stereocenters. The van der Waals surface area contributed by atoms with Gasteiger partial charge < -0.3 is 9.42 Å². The van der Waals surface area contributed by atoms with Crippen LogP contribution in [0.1, 0.15) is 21.9 Å². The molecular weight excluding hydrogens is 356 g/mol. The molecule has 0 unspecified atom stereocenters. The van der Waals surface area contributed by atoms with Crippen LogP contribution >= 0.6 is 22.7 Å². The van der Waals surface area contributed by atoms with Crippen molar-refractivity contribution in [1.29, 1.82) is 0 Å². The Bertz CT molecular complexity index is 848. The molecule has 0 bridgehead atoms. The van der Waals surface area contributed by atoms with Crippen LogP contribution < -0.4 is 0 Å². The predicted molar refractivity (Wildman–Crippen MR) is 97.8 cm³/mol. The first-order chi connectivity index (χ1) is 12.2. The molecule has 4 rings (SSSR count). The Balaban J connectivity index is 1.35. The Morgan fingerprint density at radius 2 is 2.12 bits per heavy atom. The molecule has 6 nitrogen and oxygen atoms in total. The van der Waals surface area contributed by atoms with Gasteiger partial charge in [0.1, 0.15) is 10.7 Å². The van der Waals surface area contributed by atoms with Gasteiger partial charge in [0.2, 0.25) is 0 Å². The summed E-state index contributed by atoms with van der Waals surface area (Å²) in [4.78, 5) is 21.4. The number of hydrogen-bond acceptors (Lipinski definition) is 7. The molecular formula is C17H18N4O2S2. The highest BCUT2D eigenvalue weighted by Crippen LogP contribution is 2.26. The Labute approximate surface area is 153 Å². The summed E-state index contributed by atoms with van der Waals surface area (Å²) in [6, 6.07) is 3.99. The molecule has 1 saturated heterocycles. The first-order valence-electron chi connectivity index (χ1n) is 8.11. The summed E-state index contributed by atoms with van der Waals surface area (Å²) in [5.41, 5.74) is 2.53. The van der Waals surface area contributed by atoms with Crippen molar-refractivity contribution in [1.82, 2.24) is 19.9 Å². The van der Waals surface area contributed by atoms with E-state index in [-0.39, 0.29) is 5.91 Å². The van der Waals surface area contributed by atoms with Crippen LogP contribution in [0.15, 0.2) is 32.8 Å². The van der Waals surface area contributed by atoms with Crippen LogP contribution in [0, 0.1) is 6.92 Å². The summed E-state index contributed by atoms with van der Waals surface area (Å²) >= 11 is 3.16. The fourth-order valence-electron chi connectivity index (χ4n) is 2.87. The van der Waals surface area contributed by atoms with Crippen LogP contribution in [0.4, 0.5) is 0 Å². The molecule has 3 aromatic rings. The van der Waals surface area contributed by atoms with Gasteiger partial charge in [0.05, 0.1) is 12.2 Å². The third-order valence-electron chi connectivity index (χ3n) is 4.21. The molecule has 0 aliphatic carbocycles. The zero-order valence-electron chi connectivity index (χ0n) is 13.8. The van der Waals surface area contributed by atoms with E-state index in [1.807, 2.05) is 34.7 Å². The van der Waals surface area contributed by atoms with E-state index in [4.69, 9.17) is 4.52 Å². The Hall–Kier alpha value is -2.03. The maximum Gasteiger partial charge on any atom is 0.273 e. The molecule has 8 heteroatoms. The Morgan fingerprint density at radius 1 is 1.28 bits per heavy atom. The van der Waals surface area contributed by atoms with Gasteiger partial charge in [0.25, 0.3) is 5.91 Å². The second-order valence-corrected chi connectivity index (χ2v) is 7.69. The van der Waals surface area contributed by atoms with Crippen LogP contribution in [0.25, 0.3) is 10.6 Å². The third kappa shape index (κ3) is 3.65. The van der Waals surface area contributed by atoms with Crippen LogP contribution in [0.2, 0.25) is 0 Å². The second-order valence-electron chi connectivity index (χ2n) is 6.05. The minimum absolute atomic E-state index is 0.0212. The summed E-state index contributed by atoms with van der Waals surface area (Å²) < 4.78 is 5.27. The van der Waals surface area contributed by atoms with Gasteiger partial charge in [0.15, 0.2) is 5.76 Å². The zero-order valence-corrected chi connectivity index (χ0v) is 15.5. The highest BCUT2D eigenvalue weighted by Gasteiger charge is 2.24. The number of aromatic nitrogens is 2. The van der Waals surface area contributed by atoms with Crippen LogP contribution in [-0.2, 0) is 6.54 Å². The smallest absolute Gasteiger partial charge is 0.273 e. The van der Waals surface area contributed by atoms with Crippen molar-refractivity contribution in [3.63, 3.8) is 0 Å². The number of hydrogen-bond donors (Lipinski definition) is 0. The predicted octanol–water partition coefficient (Wildman–Crippen LogP) is 3.13. The quantitative estimate of drug-likeness (QED) is 0.702. The van der Waals surface area contributed by atoms with E-state index in [0.717, 1.165) is 41.7 Å². The molecule has 1 amide bonds. The molecule has 4 heterocycles. The number of carbonyl (C=O) groups excluding carboxylic acids is 1. The molecule has 1 aliphatic rings. The average molecular weight is 374 g/mol. The lowest BCUT2D eigenvalue weighted by molar-refractivity contribution is 0.0612. The first-order valence-corrected chi connectivity index (χ1v) is 9.93. The van der Waals surface area contributed by atoms with Crippen molar-refractivity contribution in [3.8, 4) is 10.6 Å². The van der Waals surface area contributed by atoms with Crippen molar-refractivity contribution >= 4 is 28.6 Å². The van der Waals surface area contributed by atoms with Gasteiger partial charge in [-0.1, -0.05) is 5.16 Å². The standard InChI is InChI=1S/C17H18N4O2S2/c1-12-8-14(23-19-12)9-20-3-5-21(6-4-20)17(22)15-11-25-16(18-15)13-2-7-24-10-13/h2,7-8,10-11H,3-6,9H2,1H3. The summed E-state index contributed by atoms with van der Waals surface area (Å²) in [6.45, 7) is 5.72. The summed E-state index contributed by atoms with van der Waals surface area (Å²) in [6.07, 6.45) is 0. The van der Waals surface area contributed by atoms with E-state index in [0.29, 0.717) is 18.8 Å². The number of aryl methyl sites for hydroxylation is 1. The van der Waals surface area contributed by atoms with Gasteiger partial charge in [-0.15, -0.1) is 11.3 Å². The number of amides is 1. The van der Waals surface area contributed by atoms with Gasteiger partial charge >= 0.3 is 0 Å². The van der Waals surface area contributed by atoms with E-state index in [9.17, 15) is 4.79 Å². The maximum atomic E-state index is 12.7. The van der Waals surface area contributed by atoms with Gasteiger partial charge in [-0.25, -0.2) is 4.98 Å². The van der Waals surface area contributed by atoms with Crippen LogP contribution in [-0.4, -0.2) is 52.0 Å². The van der Waals surface area contributed by atoms with Gasteiger partial charge in [0, 0.05) is 48.6 Å². The van der Waals surface area contributed by atoms with Crippen molar-refractivity contribution in [2.45, 2.75) is 13.5 Å². The number of rotatable bonds is 4. The largest absolute Gasteiger partial charge is 0.360 e. The first kappa shape index (κ1) is 16.4. The SMILES string of the molecule is Cc1cc(CN2CCN(C(=O)c3csc(-c4ccsc4)n3)CC2)on1. The van der Waals surface area contributed by atoms with Crippen molar-refractivity contribution in [3.05, 3.63) is 45.4 Å². The van der Waals surface area contributed by atoms with E-state index in [1.165, 1.54) is 11.3 Å². The van der Waals surface area contributed by atoms with Crippen molar-refractivity contribution < 1.29 is 9.32 Å². The zero-order chi connectivity index (χ0) is 17.2. The summed E-state index contributed by atoms with van der Waals surface area (Å²) in [5, 5.41) is 10.8. The normalized spacial score (nSPS) is 15.6. The maximum absolute atomic E-state index is 12.7. The number of nitrogens with zero attached hydrogens (tertiary/aromatic N) is 4. The van der Waals surface area contributed by atoms with Gasteiger partial charge in [-0.3, -0.25) is 9.69 Å². The summed E-state index contributed by atoms with van der Waals surface area (Å²) in [5.74, 6) is 0.894. The number of carbonyl (C=O) groups is 1. The fourth-order valence-corrected chi connectivity index (χ4v) is 4.38. The highest BCUT2D eigenvalue weighted by atomic mass is 32.1. The summed E-state index contributed by atoms with van der Waals surface area (Å²) in [7, 11) is 0. The van der Waals surface area contributed by atoms with E-state index in [2.05, 4.69) is 20.4 Å². The van der Waals surface area contributed by atoms with Crippen LogP contribution in [0.3, 0.4) is 0 Å². The minimum atomic E-state index is 0.0212. The van der Waals surface area contributed by atoms with Crippen molar-refractivity contribution in [2.75, 3.05) is 26.2 Å². The third-order valence-corrected chi connectivity index (χ3v) is 5.78. The van der Waals surface area contributed by atoms with E-state index >= 15 is 0 Å². The molecule has 0 aromatic carbocycles. The lowest BCUT2D eigenvalue weighted by atomic mass is 10.2. The molecule has 3 aromatic heterocycles. The Morgan fingerprint density at radius 3 is 2.80 bits per heavy atom. The van der Waals surface area contributed by atoms with Gasteiger partial charge in [-0.2, -0.15) is 11.3 Å². The van der Waals surface area contributed by atoms with Crippen molar-refractivity contribution in [2.24, 2.45) is 0 Å². The monoisotopic (exact) mass is 374 g/mol. The molecule has 1 aliphatic heterocycles. The fraction of sp³-hybridized carbons (Fsp3) is 0.353. The molecule has 1 fully saturated rings.